The van der Waals surface area contributed by atoms with Gasteiger partial charge in [-0.1, -0.05) is 71.9 Å². The summed E-state index contributed by atoms with van der Waals surface area (Å²) in [7, 11) is 0. The summed E-state index contributed by atoms with van der Waals surface area (Å²) in [6.45, 7) is 12.9. The minimum atomic E-state index is -1.57. The van der Waals surface area contributed by atoms with Gasteiger partial charge >= 0.3 is 12.1 Å². The van der Waals surface area contributed by atoms with Gasteiger partial charge in [0.25, 0.3) is 11.8 Å². The largest absolute Gasteiger partial charge is 0.368 e. The van der Waals surface area contributed by atoms with Crippen molar-refractivity contribution in [2.45, 2.75) is 96.9 Å². The number of nitrogens with zero attached hydrogens (tertiary/aromatic N) is 6. The first-order chi connectivity index (χ1) is 28.8. The first kappa shape index (κ1) is 45.4. The molecular formula is C43H64N10O8. The Morgan fingerprint density at radius 3 is 1.92 bits per heavy atom. The Labute approximate surface area is 358 Å². The number of benzene rings is 1. The van der Waals surface area contributed by atoms with Gasteiger partial charge in [-0.05, 0) is 48.6 Å². The third kappa shape index (κ3) is 10.2. The van der Waals surface area contributed by atoms with Crippen LogP contribution in [0.15, 0.2) is 30.3 Å². The van der Waals surface area contributed by atoms with Gasteiger partial charge in [0.15, 0.2) is 0 Å². The lowest BCUT2D eigenvalue weighted by molar-refractivity contribution is -0.148. The number of nitrogens with two attached hydrogens (primary N) is 1. The van der Waals surface area contributed by atoms with Gasteiger partial charge in [0, 0.05) is 52.1 Å². The van der Waals surface area contributed by atoms with E-state index in [1.807, 2.05) is 62.9 Å². The van der Waals surface area contributed by atoms with Crippen molar-refractivity contribution in [3.63, 3.8) is 0 Å². The molecule has 4 aliphatic heterocycles. The molecule has 1 aliphatic carbocycles. The normalized spacial score (nSPS) is 25.2. The quantitative estimate of drug-likeness (QED) is 0.112. The molecule has 5 fully saturated rings. The second kappa shape index (κ2) is 18.5. The zero-order valence-corrected chi connectivity index (χ0v) is 36.5. The Morgan fingerprint density at radius 2 is 1.33 bits per heavy atom. The number of urea groups is 2. The molecule has 10 amide bonds. The van der Waals surface area contributed by atoms with Crippen LogP contribution in [-0.4, -0.2) is 166 Å². The lowest BCUT2D eigenvalue weighted by Crippen LogP contribution is -2.55. The van der Waals surface area contributed by atoms with Crippen LogP contribution in [0.2, 0.25) is 0 Å². The van der Waals surface area contributed by atoms with Gasteiger partial charge < -0.3 is 36.4 Å². The summed E-state index contributed by atoms with van der Waals surface area (Å²) in [6, 6.07) is 5.92. The van der Waals surface area contributed by atoms with Crippen molar-refractivity contribution < 1.29 is 38.4 Å². The van der Waals surface area contributed by atoms with Crippen molar-refractivity contribution in [2.24, 2.45) is 29.4 Å². The molecule has 4 saturated heterocycles. The van der Waals surface area contributed by atoms with E-state index in [1.165, 1.54) is 24.5 Å². The molecule has 1 aromatic carbocycles. The fourth-order valence-electron chi connectivity index (χ4n) is 9.15. The van der Waals surface area contributed by atoms with E-state index in [-0.39, 0.29) is 69.9 Å². The molecule has 4 atom stereocenters. The van der Waals surface area contributed by atoms with Gasteiger partial charge in [-0.25, -0.2) is 9.59 Å². The smallest absolute Gasteiger partial charge is 0.325 e. The highest BCUT2D eigenvalue weighted by molar-refractivity contribution is 6.09. The van der Waals surface area contributed by atoms with Crippen molar-refractivity contribution in [3.05, 3.63) is 35.9 Å². The van der Waals surface area contributed by atoms with Crippen molar-refractivity contribution in [1.29, 1.82) is 0 Å². The average molecular weight is 849 g/mol. The van der Waals surface area contributed by atoms with Gasteiger partial charge in [-0.3, -0.25) is 43.5 Å². The summed E-state index contributed by atoms with van der Waals surface area (Å²) < 4.78 is 0. The van der Waals surface area contributed by atoms with Crippen LogP contribution >= 0.6 is 0 Å². The van der Waals surface area contributed by atoms with Crippen LogP contribution in [0.25, 0.3) is 0 Å². The number of nitrogens with one attached hydrogen (secondary N) is 3. The number of likely N-dealkylation sites (tertiary alicyclic amines) is 2. The molecular weight excluding hydrogens is 785 g/mol. The van der Waals surface area contributed by atoms with Crippen LogP contribution in [0.4, 0.5) is 9.59 Å². The van der Waals surface area contributed by atoms with Gasteiger partial charge in [0.1, 0.15) is 17.1 Å². The van der Waals surface area contributed by atoms with Gasteiger partial charge in [-0.2, -0.15) is 0 Å². The van der Waals surface area contributed by atoms with Crippen LogP contribution < -0.4 is 21.7 Å². The Balaban J connectivity index is 1.28. The van der Waals surface area contributed by atoms with Gasteiger partial charge in [0.05, 0.1) is 32.2 Å². The maximum absolute atomic E-state index is 15.0. The fourth-order valence-corrected chi connectivity index (χ4v) is 9.15. The standard InChI is InChI=1S/C43H64N10O8/c1-27(2)18-45-14-15-48-25-42(38(58)51(40(60)46-42)21-30-10-8-7-9-11-30)16-32(48)36(56)50(20-29(5)6)24-35(55)53-26-43(39(59)52(41(61)47-43)22-31-12-13-31)17-33(53)37(57)49(19-28(3)4)23-34(44)54/h7-11,27-29,31-33,45H,12-26H2,1-6H3,(H2,44,54)(H,46,60)(H,47,61)/t32-,33-,42-,43-/m0/s1. The summed E-state index contributed by atoms with van der Waals surface area (Å²) in [5, 5.41) is 9.15. The van der Waals surface area contributed by atoms with Crippen LogP contribution in [-0.2, 0) is 35.3 Å². The Hall–Kier alpha value is -5.10. The van der Waals surface area contributed by atoms with Gasteiger partial charge in [0.2, 0.25) is 23.6 Å². The predicted octanol–water partition coefficient (Wildman–Crippen LogP) is 0.553. The third-order valence-electron chi connectivity index (χ3n) is 12.1. The van der Waals surface area contributed by atoms with Crippen LogP contribution in [0, 0.1) is 23.7 Å². The Bertz CT molecular complexity index is 1870. The number of rotatable bonds is 19. The van der Waals surface area contributed by atoms with E-state index in [0.717, 1.165) is 24.9 Å². The topological polar surface area (TPSA) is 218 Å². The summed E-state index contributed by atoms with van der Waals surface area (Å²) in [5.74, 6) is -2.89. The van der Waals surface area contributed by atoms with E-state index >= 15 is 0 Å². The highest BCUT2D eigenvalue weighted by atomic mass is 16.2. The molecule has 1 saturated carbocycles. The number of primary amides is 1. The zero-order valence-electron chi connectivity index (χ0n) is 36.5. The zero-order chi connectivity index (χ0) is 44.4. The maximum atomic E-state index is 15.0. The molecule has 5 aliphatic rings. The second-order valence-electron chi connectivity index (χ2n) is 19.0. The summed E-state index contributed by atoms with van der Waals surface area (Å²) in [5.41, 5.74) is 3.40. The maximum Gasteiger partial charge on any atom is 0.325 e. The first-order valence-electron chi connectivity index (χ1n) is 21.7. The van der Waals surface area contributed by atoms with Crippen molar-refractivity contribution >= 4 is 47.5 Å². The number of carbonyl (C=O) groups excluding carboxylic acids is 8. The predicted molar refractivity (Wildman–Crippen MR) is 224 cm³/mol. The molecule has 4 heterocycles. The SMILES string of the molecule is CC(C)CNCCN1C[C@]2(C[C@H]1C(=O)N(CC(=O)N1C[C@]3(C[C@H]1C(=O)N(CC(N)=O)CC(C)C)NC(=O)N(CC1CC1)C3=O)CC(C)C)NC(=O)N(Cc1ccccc1)C2=O. The fraction of sp³-hybridized carbons (Fsp3) is 0.674. The molecule has 0 bridgehead atoms. The number of hydrogen-bond donors (Lipinski definition) is 4. The minimum absolute atomic E-state index is 0.0166. The highest BCUT2D eigenvalue weighted by Crippen LogP contribution is 2.38. The molecule has 1 aromatic rings. The lowest BCUT2D eigenvalue weighted by Gasteiger charge is -2.34. The van der Waals surface area contributed by atoms with Crippen LogP contribution in [0.3, 0.4) is 0 Å². The summed E-state index contributed by atoms with van der Waals surface area (Å²) in [6.07, 6.45) is 1.57. The molecule has 18 nitrogen and oxygen atoms in total. The van der Waals surface area contributed by atoms with E-state index in [0.29, 0.717) is 19.0 Å². The molecule has 61 heavy (non-hydrogen) atoms. The molecule has 0 unspecified atom stereocenters. The van der Waals surface area contributed by atoms with Crippen molar-refractivity contribution in [1.82, 2.24) is 45.3 Å². The first-order valence-corrected chi connectivity index (χ1v) is 21.7. The van der Waals surface area contributed by atoms with E-state index < -0.39 is 83.8 Å². The van der Waals surface area contributed by atoms with Crippen molar-refractivity contribution in [2.75, 3.05) is 65.4 Å². The monoisotopic (exact) mass is 848 g/mol. The average Bonchev–Trinajstić information content (AvgIpc) is 3.67. The number of amides is 10. The lowest BCUT2D eigenvalue weighted by atomic mass is 9.95. The molecule has 334 valence electrons. The van der Waals surface area contributed by atoms with E-state index in [2.05, 4.69) is 29.8 Å². The molecule has 18 heteroatoms. The Kier molecular flexibility index (Phi) is 13.8. The molecule has 0 radical (unpaired) electrons. The van der Waals surface area contributed by atoms with Crippen LogP contribution in [0.5, 0.6) is 0 Å². The van der Waals surface area contributed by atoms with E-state index in [9.17, 15) is 38.4 Å². The number of carbonyl (C=O) groups is 8. The number of hydrogen-bond acceptors (Lipinski definition) is 10. The minimum Gasteiger partial charge on any atom is -0.368 e. The summed E-state index contributed by atoms with van der Waals surface area (Å²) in [4.78, 5) is 119. The molecule has 5 N–H and O–H groups in total. The van der Waals surface area contributed by atoms with E-state index in [4.69, 9.17) is 5.73 Å². The van der Waals surface area contributed by atoms with Gasteiger partial charge in [-0.15, -0.1) is 0 Å². The molecule has 2 spiro atoms. The second-order valence-corrected chi connectivity index (χ2v) is 19.0. The molecule has 6 rings (SSSR count). The highest BCUT2D eigenvalue weighted by Gasteiger charge is 2.62. The Morgan fingerprint density at radius 1 is 0.770 bits per heavy atom. The van der Waals surface area contributed by atoms with Crippen LogP contribution in [0.1, 0.15) is 72.8 Å². The third-order valence-corrected chi connectivity index (χ3v) is 12.1. The molecule has 0 aromatic heterocycles. The van der Waals surface area contributed by atoms with Crippen molar-refractivity contribution in [3.8, 4) is 0 Å². The number of imide groups is 2. The summed E-state index contributed by atoms with van der Waals surface area (Å²) >= 11 is 0. The van der Waals surface area contributed by atoms with E-state index in [1.54, 1.807) is 0 Å².